The van der Waals surface area contributed by atoms with Crippen molar-refractivity contribution in [2.75, 3.05) is 13.1 Å². The average Bonchev–Trinajstić information content (AvgIpc) is 3.63. The Morgan fingerprint density at radius 3 is 2.28 bits per heavy atom. The lowest BCUT2D eigenvalue weighted by Crippen LogP contribution is -2.60. The summed E-state index contributed by atoms with van der Waals surface area (Å²) >= 11 is 5.76. The highest BCUT2D eigenvalue weighted by molar-refractivity contribution is 7.92. The van der Waals surface area contributed by atoms with Gasteiger partial charge in [0.15, 0.2) is 9.84 Å². The normalized spacial score (nSPS) is 23.0. The first-order valence-electron chi connectivity index (χ1n) is 14.2. The van der Waals surface area contributed by atoms with Crippen molar-refractivity contribution < 1.29 is 40.0 Å². The van der Waals surface area contributed by atoms with Gasteiger partial charge in [0.05, 0.1) is 77.2 Å². The topological polar surface area (TPSA) is 159 Å². The molecule has 1 aromatic carbocycles. The fourth-order valence-corrected chi connectivity index (χ4v) is 7.96. The van der Waals surface area contributed by atoms with Crippen LogP contribution in [-0.2, 0) is 25.6 Å². The molecule has 0 spiro atoms. The molecule has 1 N–H and O–H groups in total. The zero-order valence-electron chi connectivity index (χ0n) is 24.0. The number of sulfone groups is 1. The summed E-state index contributed by atoms with van der Waals surface area (Å²) in [6.45, 7) is -1.85. The van der Waals surface area contributed by atoms with Crippen LogP contribution in [0.1, 0.15) is 31.2 Å². The molecule has 2 aliphatic carbocycles. The number of nitriles is 1. The molecule has 47 heavy (non-hydrogen) atoms. The number of halogens is 6. The molecule has 1 saturated heterocycles. The predicted octanol–water partition coefficient (Wildman–Crippen LogP) is 4.09. The van der Waals surface area contributed by atoms with E-state index in [2.05, 4.69) is 25.3 Å². The van der Waals surface area contributed by atoms with E-state index >= 15 is 0 Å². The average molecular weight is 696 g/mol. The molecule has 3 aromatic rings. The summed E-state index contributed by atoms with van der Waals surface area (Å²) in [6.07, 6.45) is -0.625. The number of benzene rings is 1. The van der Waals surface area contributed by atoms with Crippen molar-refractivity contribution in [2.45, 2.75) is 53.5 Å². The molecular weight excluding hydrogens is 673 g/mol. The smallest absolute Gasteiger partial charge is 0.338 e. The Morgan fingerprint density at radius 1 is 1.00 bits per heavy atom. The van der Waals surface area contributed by atoms with E-state index in [9.17, 15) is 45.2 Å². The van der Waals surface area contributed by atoms with Gasteiger partial charge in [0.1, 0.15) is 22.1 Å². The molecule has 3 fully saturated rings. The lowest BCUT2D eigenvalue weighted by molar-refractivity contribution is -0.171. The summed E-state index contributed by atoms with van der Waals surface area (Å²) in [5.41, 5.74) is -2.46. The summed E-state index contributed by atoms with van der Waals surface area (Å²) in [6, 6.07) is 4.45. The predicted molar refractivity (Wildman–Crippen MR) is 153 cm³/mol. The monoisotopic (exact) mass is 695 g/mol. The summed E-state index contributed by atoms with van der Waals surface area (Å²) in [7, 11) is -4.86. The minimum Gasteiger partial charge on any atom is -0.338 e. The van der Waals surface area contributed by atoms with Gasteiger partial charge >= 0.3 is 6.18 Å². The van der Waals surface area contributed by atoms with Crippen LogP contribution < -0.4 is 5.32 Å². The molecule has 6 rings (SSSR count). The van der Waals surface area contributed by atoms with Crippen molar-refractivity contribution in [3.63, 3.8) is 0 Å². The molecule has 11 nitrogen and oxygen atoms in total. The second-order valence-electron chi connectivity index (χ2n) is 11.8. The summed E-state index contributed by atoms with van der Waals surface area (Å²) in [5.74, 6) is -7.65. The summed E-state index contributed by atoms with van der Waals surface area (Å²) < 4.78 is 98.3. The molecular formula is C29H23ClF5N7O4S. The number of likely N-dealkylation sites (tertiary alicyclic amines) is 1. The number of amides is 2. The number of aromatic nitrogens is 4. The van der Waals surface area contributed by atoms with Crippen molar-refractivity contribution >= 4 is 33.3 Å². The Morgan fingerprint density at radius 2 is 1.68 bits per heavy atom. The van der Waals surface area contributed by atoms with Gasteiger partial charge in [-0.05, 0) is 37.8 Å². The third kappa shape index (κ3) is 6.35. The number of nitrogens with zero attached hydrogens (tertiary/aromatic N) is 6. The molecule has 0 radical (unpaired) electrons. The molecule has 2 aromatic heterocycles. The van der Waals surface area contributed by atoms with Crippen LogP contribution in [0.4, 0.5) is 22.0 Å². The Kier molecular flexibility index (Phi) is 7.94. The van der Waals surface area contributed by atoms with Gasteiger partial charge in [0, 0.05) is 5.56 Å². The van der Waals surface area contributed by atoms with Gasteiger partial charge in [0.25, 0.3) is 5.92 Å². The van der Waals surface area contributed by atoms with Crippen LogP contribution in [0, 0.1) is 23.2 Å². The number of rotatable bonds is 7. The van der Waals surface area contributed by atoms with Gasteiger partial charge < -0.3 is 10.2 Å². The fourth-order valence-electron chi connectivity index (χ4n) is 5.84. The quantitative estimate of drug-likeness (QED) is 0.359. The van der Waals surface area contributed by atoms with E-state index in [4.69, 9.17) is 11.6 Å². The van der Waals surface area contributed by atoms with Gasteiger partial charge in [-0.2, -0.15) is 18.4 Å². The summed E-state index contributed by atoms with van der Waals surface area (Å²) in [4.78, 5) is 42.4. The van der Waals surface area contributed by atoms with E-state index in [0.717, 1.165) is 17.0 Å². The highest BCUT2D eigenvalue weighted by Gasteiger charge is 2.55. The van der Waals surface area contributed by atoms with Crippen LogP contribution in [0.5, 0.6) is 0 Å². The number of hydrogen-bond donors (Lipinski definition) is 1. The van der Waals surface area contributed by atoms with E-state index in [1.807, 2.05) is 6.07 Å². The Labute approximate surface area is 269 Å². The van der Waals surface area contributed by atoms with Crippen molar-refractivity contribution in [2.24, 2.45) is 11.8 Å². The largest absolute Gasteiger partial charge is 0.417 e. The number of carbonyl (C=O) groups excluding carboxylic acids is 2. The summed E-state index contributed by atoms with van der Waals surface area (Å²) in [5, 5.41) is 10.4. The second-order valence-corrected chi connectivity index (χ2v) is 14.4. The maximum Gasteiger partial charge on any atom is 0.417 e. The molecule has 1 aliphatic heterocycles. The molecule has 0 bridgehead atoms. The van der Waals surface area contributed by atoms with Crippen molar-refractivity contribution in [1.82, 2.24) is 30.2 Å². The van der Waals surface area contributed by atoms with Crippen molar-refractivity contribution in [1.29, 1.82) is 5.26 Å². The lowest BCUT2D eigenvalue weighted by atomic mass is 9.92. The van der Waals surface area contributed by atoms with Crippen LogP contribution in [0.2, 0.25) is 5.15 Å². The number of alkyl halides is 5. The molecule has 246 valence electrons. The molecule has 3 aliphatic rings. The van der Waals surface area contributed by atoms with Crippen molar-refractivity contribution in [3.05, 3.63) is 53.7 Å². The maximum absolute atomic E-state index is 14.5. The van der Waals surface area contributed by atoms with Gasteiger partial charge in [-0.25, -0.2) is 32.2 Å². The van der Waals surface area contributed by atoms with Crippen LogP contribution in [0.3, 0.4) is 0 Å². The number of hydrogen-bond acceptors (Lipinski definition) is 9. The molecule has 18 heteroatoms. The molecule has 3 atom stereocenters. The number of carbonyl (C=O) groups is 2. The van der Waals surface area contributed by atoms with Gasteiger partial charge in [-0.1, -0.05) is 17.7 Å². The third-order valence-electron chi connectivity index (χ3n) is 8.50. The Bertz CT molecular complexity index is 1910. The zero-order valence-corrected chi connectivity index (χ0v) is 25.6. The first kappa shape index (κ1) is 32.6. The van der Waals surface area contributed by atoms with Gasteiger partial charge in [-0.15, -0.1) is 0 Å². The van der Waals surface area contributed by atoms with Crippen LogP contribution in [0.25, 0.3) is 22.6 Å². The minimum absolute atomic E-state index is 0.0326. The standard InChI is InChI=1S/C29H23ClF5N7O4S/c30-24-11-38-21(10-39-24)22-9-37-8-20(40-22)15-1-2-23(19(5-15)29(33,34)35)47(45,46)16-6-17(25(43)41-27(12-36)3-4-27)18(7-16)26(44)42-13-28(31,32)14-42/h1-2,5,8-11,16-18H,3-4,6-7,13-14H2,(H,41,43)/t16-,17-,18-/m1/s1. The Hall–Kier alpha value is -4.30. The highest BCUT2D eigenvalue weighted by atomic mass is 35.5. The minimum atomic E-state index is -5.16. The second kappa shape index (κ2) is 11.4. The maximum atomic E-state index is 14.5. The molecule has 2 saturated carbocycles. The molecule has 3 heterocycles. The van der Waals surface area contributed by atoms with Crippen molar-refractivity contribution in [3.8, 4) is 28.7 Å². The van der Waals surface area contributed by atoms with E-state index in [1.165, 1.54) is 24.8 Å². The van der Waals surface area contributed by atoms with Crippen LogP contribution in [0.15, 0.2) is 47.9 Å². The van der Waals surface area contributed by atoms with E-state index in [-0.39, 0.29) is 27.8 Å². The van der Waals surface area contributed by atoms with E-state index in [1.54, 1.807) is 0 Å². The zero-order chi connectivity index (χ0) is 33.9. The van der Waals surface area contributed by atoms with Gasteiger partial charge in [-0.3, -0.25) is 14.6 Å². The fraction of sp³-hybridized carbons (Fsp3) is 0.414. The Balaban J connectivity index is 1.33. The lowest BCUT2D eigenvalue weighted by Gasteiger charge is -2.40. The third-order valence-corrected chi connectivity index (χ3v) is 10.9. The van der Waals surface area contributed by atoms with Crippen LogP contribution >= 0.6 is 11.6 Å². The van der Waals surface area contributed by atoms with E-state index < -0.39 is 92.8 Å². The first-order chi connectivity index (χ1) is 22.0. The van der Waals surface area contributed by atoms with Crippen LogP contribution in [-0.4, -0.2) is 74.9 Å². The molecule has 0 unspecified atom stereocenters. The first-order valence-corrected chi connectivity index (χ1v) is 16.1. The van der Waals surface area contributed by atoms with E-state index in [0.29, 0.717) is 18.9 Å². The SMILES string of the molecule is N#CC1(NC(=O)[C@@H]2C[C@@H](S(=O)(=O)c3ccc(-c4cncc(-c5cnc(Cl)cn5)n4)cc3C(F)(F)F)C[C@H]2C(=O)N2CC(F)(F)C2)CC1. The highest BCUT2D eigenvalue weighted by Crippen LogP contribution is 2.45. The number of nitrogens with one attached hydrogen (secondary N) is 1. The van der Waals surface area contributed by atoms with Gasteiger partial charge in [0.2, 0.25) is 11.8 Å². The molecule has 2 amide bonds.